The summed E-state index contributed by atoms with van der Waals surface area (Å²) in [5, 5.41) is 0.138. The van der Waals surface area contributed by atoms with Crippen molar-refractivity contribution in [1.82, 2.24) is 3.97 Å². The number of aromatic nitrogens is 1. The van der Waals surface area contributed by atoms with Crippen LogP contribution in [0.1, 0.15) is 5.56 Å². The zero-order valence-corrected chi connectivity index (χ0v) is 9.29. The number of hydrogen-bond donors (Lipinski definition) is 0. The Morgan fingerprint density at radius 2 is 1.82 bits per heavy atom. The van der Waals surface area contributed by atoms with Gasteiger partial charge in [-0.1, -0.05) is 0 Å². The highest BCUT2D eigenvalue weighted by atomic mass is 32.2. The summed E-state index contributed by atoms with van der Waals surface area (Å²) in [6.07, 6.45) is 1.13. The molecule has 7 heteroatoms. The number of alkyl halides is 3. The Morgan fingerprint density at radius 1 is 1.18 bits per heavy atom. The maximum atomic E-state index is 13.5. The van der Waals surface area contributed by atoms with Crippen LogP contribution in [0.4, 0.5) is 22.0 Å². The predicted octanol–water partition coefficient (Wildman–Crippen LogP) is 4.24. The van der Waals surface area contributed by atoms with Gasteiger partial charge in [0.1, 0.15) is 5.82 Å². The van der Waals surface area contributed by atoms with Crippen molar-refractivity contribution in [1.29, 1.82) is 0 Å². The third kappa shape index (κ3) is 2.38. The Hall–Kier alpha value is -1.24. The van der Waals surface area contributed by atoms with E-state index in [4.69, 9.17) is 0 Å². The molecule has 0 saturated heterocycles. The van der Waals surface area contributed by atoms with Crippen LogP contribution in [0, 0.1) is 18.6 Å². The van der Waals surface area contributed by atoms with Crippen LogP contribution < -0.4 is 0 Å². The van der Waals surface area contributed by atoms with Crippen molar-refractivity contribution in [3.05, 3.63) is 35.5 Å². The number of hydrogen-bond acceptors (Lipinski definition) is 1. The topological polar surface area (TPSA) is 4.93 Å². The van der Waals surface area contributed by atoms with Crippen molar-refractivity contribution in [2.24, 2.45) is 0 Å². The lowest BCUT2D eigenvalue weighted by atomic mass is 10.2. The zero-order chi connectivity index (χ0) is 12.8. The quantitative estimate of drug-likeness (QED) is 0.699. The molecule has 0 aliphatic rings. The Bertz CT molecular complexity index is 572. The van der Waals surface area contributed by atoms with Crippen LogP contribution in [0.25, 0.3) is 10.9 Å². The van der Waals surface area contributed by atoms with Crippen LogP contribution in [-0.2, 0) is 0 Å². The number of fused-ring (bicyclic) bond motifs is 1. The summed E-state index contributed by atoms with van der Waals surface area (Å²) < 4.78 is 63.8. The molecule has 17 heavy (non-hydrogen) atoms. The smallest absolute Gasteiger partial charge is 0.281 e. The molecule has 0 amide bonds. The molecule has 2 aromatic rings. The van der Waals surface area contributed by atoms with Crippen molar-refractivity contribution in [3.63, 3.8) is 0 Å². The Morgan fingerprint density at radius 3 is 2.41 bits per heavy atom. The first-order valence-corrected chi connectivity index (χ1v) is 5.28. The third-order valence-electron chi connectivity index (χ3n) is 2.19. The number of benzene rings is 1. The Kier molecular flexibility index (Phi) is 2.81. The van der Waals surface area contributed by atoms with E-state index in [-0.39, 0.29) is 10.9 Å². The summed E-state index contributed by atoms with van der Waals surface area (Å²) >= 11 is -0.475. The molecule has 0 atom stereocenters. The highest BCUT2D eigenvalue weighted by Gasteiger charge is 2.31. The normalized spacial score (nSPS) is 12.4. The molecule has 92 valence electrons. The van der Waals surface area contributed by atoms with Gasteiger partial charge in [0.2, 0.25) is 0 Å². The maximum absolute atomic E-state index is 13.5. The first-order valence-electron chi connectivity index (χ1n) is 4.51. The molecule has 0 radical (unpaired) electrons. The average molecular weight is 267 g/mol. The summed E-state index contributed by atoms with van der Waals surface area (Å²) in [6.45, 7) is 1.49. The minimum atomic E-state index is -4.53. The van der Waals surface area contributed by atoms with Crippen LogP contribution >= 0.6 is 11.9 Å². The predicted molar refractivity (Wildman–Crippen MR) is 55.6 cm³/mol. The standard InChI is InChI=1S/C10H6F5NS/c1-5-4-16(17-10(13,14)15)9-7(5)2-6(11)3-8(9)12/h2-4H,1H3. The van der Waals surface area contributed by atoms with E-state index in [9.17, 15) is 22.0 Å². The average Bonchev–Trinajstić information content (AvgIpc) is 2.39. The minimum Gasteiger partial charge on any atom is -0.281 e. The van der Waals surface area contributed by atoms with Crippen molar-refractivity contribution in [3.8, 4) is 0 Å². The van der Waals surface area contributed by atoms with Gasteiger partial charge in [-0.15, -0.1) is 0 Å². The van der Waals surface area contributed by atoms with Gasteiger partial charge in [-0.2, -0.15) is 13.2 Å². The molecule has 1 heterocycles. The van der Waals surface area contributed by atoms with E-state index in [1.165, 1.54) is 6.92 Å². The second kappa shape index (κ2) is 3.90. The molecule has 0 fully saturated rings. The second-order valence-corrected chi connectivity index (χ2v) is 4.50. The lowest BCUT2D eigenvalue weighted by molar-refractivity contribution is -0.0334. The molecule has 0 bridgehead atoms. The number of nitrogens with zero attached hydrogens (tertiary/aromatic N) is 1. The second-order valence-electron chi connectivity index (χ2n) is 3.46. The van der Waals surface area contributed by atoms with Gasteiger partial charge in [-0.05, 0) is 18.6 Å². The van der Waals surface area contributed by atoms with Gasteiger partial charge < -0.3 is 0 Å². The molecule has 0 N–H and O–H groups in total. The van der Waals surface area contributed by atoms with E-state index >= 15 is 0 Å². The summed E-state index contributed by atoms with van der Waals surface area (Å²) in [5.74, 6) is -1.82. The largest absolute Gasteiger partial charge is 0.462 e. The molecular weight excluding hydrogens is 261 g/mol. The number of aryl methyl sites for hydroxylation is 1. The van der Waals surface area contributed by atoms with Crippen LogP contribution in [0.2, 0.25) is 0 Å². The van der Waals surface area contributed by atoms with Crippen molar-refractivity contribution >= 4 is 22.9 Å². The minimum absolute atomic E-state index is 0.138. The summed E-state index contributed by atoms with van der Waals surface area (Å²) in [6, 6.07) is 1.58. The third-order valence-corrected chi connectivity index (χ3v) is 2.88. The molecule has 0 saturated carbocycles. The van der Waals surface area contributed by atoms with Crippen LogP contribution in [0.5, 0.6) is 0 Å². The Balaban J connectivity index is 2.66. The number of halogens is 5. The molecule has 1 nitrogen and oxygen atoms in total. The number of rotatable bonds is 1. The summed E-state index contributed by atoms with van der Waals surface area (Å²) in [5.41, 5.74) is -4.40. The monoisotopic (exact) mass is 267 g/mol. The van der Waals surface area contributed by atoms with Crippen LogP contribution in [0.3, 0.4) is 0 Å². The van der Waals surface area contributed by atoms with E-state index in [1.54, 1.807) is 0 Å². The van der Waals surface area contributed by atoms with Gasteiger partial charge in [0.25, 0.3) is 0 Å². The molecule has 0 unspecified atom stereocenters. The molecular formula is C10H6F5NS. The van der Waals surface area contributed by atoms with Crippen LogP contribution in [-0.4, -0.2) is 9.48 Å². The SMILES string of the molecule is Cc1cn(SC(F)(F)F)c2c(F)cc(F)cc12. The van der Waals surface area contributed by atoms with Gasteiger partial charge in [0.15, 0.2) is 5.82 Å². The molecule has 2 rings (SSSR count). The summed E-state index contributed by atoms with van der Waals surface area (Å²) in [7, 11) is 0. The van der Waals surface area contributed by atoms with Gasteiger partial charge in [-0.25, -0.2) is 8.78 Å². The summed E-state index contributed by atoms with van der Waals surface area (Å²) in [4.78, 5) is 0. The molecule has 0 aliphatic heterocycles. The Labute approximate surface area is 97.3 Å². The van der Waals surface area contributed by atoms with Crippen molar-refractivity contribution < 1.29 is 22.0 Å². The van der Waals surface area contributed by atoms with Gasteiger partial charge in [0.05, 0.1) is 17.5 Å². The molecule has 0 aliphatic carbocycles. The highest BCUT2D eigenvalue weighted by molar-refractivity contribution is 7.98. The van der Waals surface area contributed by atoms with Crippen LogP contribution in [0.15, 0.2) is 18.3 Å². The highest BCUT2D eigenvalue weighted by Crippen LogP contribution is 2.36. The van der Waals surface area contributed by atoms with E-state index in [0.29, 0.717) is 15.6 Å². The fourth-order valence-electron chi connectivity index (χ4n) is 1.58. The molecule has 1 aromatic heterocycles. The first kappa shape index (κ1) is 12.2. The van der Waals surface area contributed by atoms with Crippen molar-refractivity contribution in [2.45, 2.75) is 12.4 Å². The lowest BCUT2D eigenvalue weighted by Gasteiger charge is -2.07. The molecule has 0 spiro atoms. The zero-order valence-electron chi connectivity index (χ0n) is 8.48. The fraction of sp³-hybridized carbons (Fsp3) is 0.200. The maximum Gasteiger partial charge on any atom is 0.462 e. The fourth-order valence-corrected chi connectivity index (χ4v) is 2.29. The van der Waals surface area contributed by atoms with Gasteiger partial charge in [0, 0.05) is 17.6 Å². The van der Waals surface area contributed by atoms with E-state index < -0.39 is 29.1 Å². The van der Waals surface area contributed by atoms with Crippen molar-refractivity contribution in [2.75, 3.05) is 0 Å². The first-order chi connectivity index (χ1) is 7.78. The van der Waals surface area contributed by atoms with Gasteiger partial charge >= 0.3 is 5.51 Å². The van der Waals surface area contributed by atoms with E-state index in [2.05, 4.69) is 0 Å². The van der Waals surface area contributed by atoms with Gasteiger partial charge in [-0.3, -0.25) is 3.97 Å². The lowest BCUT2D eigenvalue weighted by Crippen LogP contribution is -2.04. The van der Waals surface area contributed by atoms with E-state index in [1.807, 2.05) is 0 Å². The van der Waals surface area contributed by atoms with E-state index in [0.717, 1.165) is 12.3 Å². The molecule has 1 aromatic carbocycles.